The summed E-state index contributed by atoms with van der Waals surface area (Å²) in [6.07, 6.45) is 6.68. The van der Waals surface area contributed by atoms with Crippen LogP contribution in [0, 0.1) is 5.92 Å². The average molecular weight is 309 g/mol. The second-order valence-electron chi connectivity index (χ2n) is 7.18. The van der Waals surface area contributed by atoms with Gasteiger partial charge in [-0.05, 0) is 57.9 Å². The van der Waals surface area contributed by atoms with Crippen molar-refractivity contribution in [3.8, 4) is 0 Å². The number of nitrogens with zero attached hydrogens (tertiary/aromatic N) is 1. The molecule has 0 spiro atoms. The Balaban J connectivity index is 1.80. The second-order valence-corrected chi connectivity index (χ2v) is 7.18. The van der Waals surface area contributed by atoms with Gasteiger partial charge in [0.15, 0.2) is 0 Å². The quantitative estimate of drug-likeness (QED) is 0.830. The molecule has 0 unspecified atom stereocenters. The maximum absolute atomic E-state index is 12.5. The van der Waals surface area contributed by atoms with Crippen molar-refractivity contribution in [1.82, 2.24) is 15.5 Å². The molecule has 2 N–H and O–H groups in total. The van der Waals surface area contributed by atoms with Crippen molar-refractivity contribution in [2.75, 3.05) is 13.1 Å². The fourth-order valence-electron chi connectivity index (χ4n) is 3.66. The van der Waals surface area contributed by atoms with Gasteiger partial charge in [0.1, 0.15) is 0 Å². The molecular weight excluding hydrogens is 278 g/mol. The molecule has 1 aliphatic carbocycles. The Morgan fingerprint density at radius 1 is 1.05 bits per heavy atom. The van der Waals surface area contributed by atoms with E-state index in [1.807, 2.05) is 6.92 Å². The van der Waals surface area contributed by atoms with Gasteiger partial charge in [-0.3, -0.25) is 14.5 Å². The van der Waals surface area contributed by atoms with E-state index in [4.69, 9.17) is 0 Å². The van der Waals surface area contributed by atoms with Crippen LogP contribution in [0.2, 0.25) is 0 Å². The molecule has 22 heavy (non-hydrogen) atoms. The minimum atomic E-state index is -0.115. The van der Waals surface area contributed by atoms with Gasteiger partial charge in [0.25, 0.3) is 0 Å². The number of likely N-dealkylation sites (tertiary alicyclic amines) is 1. The highest BCUT2D eigenvalue weighted by atomic mass is 16.2. The summed E-state index contributed by atoms with van der Waals surface area (Å²) in [7, 11) is 0. The van der Waals surface area contributed by atoms with Crippen LogP contribution in [0.4, 0.5) is 0 Å². The highest BCUT2D eigenvalue weighted by Crippen LogP contribution is 2.23. The smallest absolute Gasteiger partial charge is 0.237 e. The lowest BCUT2D eigenvalue weighted by atomic mass is 9.87. The third-order valence-electron chi connectivity index (χ3n) is 5.15. The monoisotopic (exact) mass is 309 g/mol. The van der Waals surface area contributed by atoms with Gasteiger partial charge in [-0.2, -0.15) is 0 Å². The predicted molar refractivity (Wildman–Crippen MR) is 87.4 cm³/mol. The van der Waals surface area contributed by atoms with Crippen LogP contribution in [-0.4, -0.2) is 47.9 Å². The SMILES string of the molecule is CC(=O)N[C@H]1CCCN([C@H](C)C(=O)NC2CCC(C)CC2)C1. The van der Waals surface area contributed by atoms with Crippen LogP contribution in [-0.2, 0) is 9.59 Å². The first-order valence-electron chi connectivity index (χ1n) is 8.77. The normalized spacial score (nSPS) is 31.3. The molecule has 0 aromatic carbocycles. The Bertz CT molecular complexity index is 391. The van der Waals surface area contributed by atoms with Crippen LogP contribution in [0.25, 0.3) is 0 Å². The van der Waals surface area contributed by atoms with E-state index in [0.29, 0.717) is 6.04 Å². The number of hydrogen-bond donors (Lipinski definition) is 2. The molecule has 2 atom stereocenters. The van der Waals surface area contributed by atoms with E-state index < -0.39 is 0 Å². The summed E-state index contributed by atoms with van der Waals surface area (Å²) in [5.74, 6) is 0.953. The highest BCUT2D eigenvalue weighted by Gasteiger charge is 2.29. The van der Waals surface area contributed by atoms with Crippen molar-refractivity contribution in [1.29, 1.82) is 0 Å². The number of carbonyl (C=O) groups excluding carboxylic acids is 2. The van der Waals surface area contributed by atoms with Crippen molar-refractivity contribution in [2.45, 2.75) is 77.4 Å². The number of piperidine rings is 1. The largest absolute Gasteiger partial charge is 0.352 e. The molecule has 5 nitrogen and oxygen atoms in total. The fraction of sp³-hybridized carbons (Fsp3) is 0.882. The van der Waals surface area contributed by atoms with Crippen LogP contribution in [0.5, 0.6) is 0 Å². The fourth-order valence-corrected chi connectivity index (χ4v) is 3.66. The van der Waals surface area contributed by atoms with E-state index in [9.17, 15) is 9.59 Å². The number of carbonyl (C=O) groups is 2. The van der Waals surface area contributed by atoms with E-state index in [2.05, 4.69) is 22.5 Å². The van der Waals surface area contributed by atoms with Crippen molar-refractivity contribution in [2.24, 2.45) is 5.92 Å². The summed E-state index contributed by atoms with van der Waals surface area (Å²) in [5.41, 5.74) is 0. The van der Waals surface area contributed by atoms with Gasteiger partial charge in [0.05, 0.1) is 6.04 Å². The standard InChI is InChI=1S/C17H31N3O2/c1-12-6-8-15(9-7-12)19-17(22)13(2)20-10-4-5-16(11-20)18-14(3)21/h12-13,15-16H,4-11H2,1-3H3,(H,18,21)(H,19,22)/t12?,13-,15?,16+/m1/s1. The Labute approximate surface area is 134 Å². The average Bonchev–Trinajstić information content (AvgIpc) is 2.48. The lowest BCUT2D eigenvalue weighted by molar-refractivity contribution is -0.127. The summed E-state index contributed by atoms with van der Waals surface area (Å²) in [6, 6.07) is 0.412. The zero-order chi connectivity index (χ0) is 16.1. The molecule has 0 bridgehead atoms. The molecule has 0 aromatic rings. The third kappa shape index (κ3) is 4.97. The zero-order valence-electron chi connectivity index (χ0n) is 14.2. The summed E-state index contributed by atoms with van der Waals surface area (Å²) in [6.45, 7) is 7.54. The van der Waals surface area contributed by atoms with E-state index >= 15 is 0 Å². The Hall–Kier alpha value is -1.10. The van der Waals surface area contributed by atoms with Crippen LogP contribution in [0.15, 0.2) is 0 Å². The molecule has 2 amide bonds. The van der Waals surface area contributed by atoms with E-state index in [1.165, 1.54) is 12.8 Å². The maximum atomic E-state index is 12.5. The number of hydrogen-bond acceptors (Lipinski definition) is 3. The van der Waals surface area contributed by atoms with Gasteiger partial charge in [-0.1, -0.05) is 6.92 Å². The molecule has 1 heterocycles. The van der Waals surface area contributed by atoms with Crippen molar-refractivity contribution in [3.05, 3.63) is 0 Å². The maximum Gasteiger partial charge on any atom is 0.237 e. The summed E-state index contributed by atoms with van der Waals surface area (Å²) >= 11 is 0. The van der Waals surface area contributed by atoms with Gasteiger partial charge in [-0.25, -0.2) is 0 Å². The van der Waals surface area contributed by atoms with Crippen LogP contribution < -0.4 is 10.6 Å². The number of nitrogens with one attached hydrogen (secondary N) is 2. The van der Waals surface area contributed by atoms with Crippen LogP contribution in [0.1, 0.15) is 59.3 Å². The highest BCUT2D eigenvalue weighted by molar-refractivity contribution is 5.81. The molecule has 1 saturated carbocycles. The second kappa shape index (κ2) is 7.95. The lowest BCUT2D eigenvalue weighted by Crippen LogP contribution is -2.55. The van der Waals surface area contributed by atoms with Crippen molar-refractivity contribution >= 4 is 11.8 Å². The molecule has 0 aromatic heterocycles. The third-order valence-corrected chi connectivity index (χ3v) is 5.15. The molecule has 126 valence electrons. The van der Waals surface area contributed by atoms with Crippen LogP contribution in [0.3, 0.4) is 0 Å². The summed E-state index contributed by atoms with van der Waals surface area (Å²) in [5, 5.41) is 6.20. The zero-order valence-corrected chi connectivity index (χ0v) is 14.2. The van der Waals surface area contributed by atoms with Crippen molar-refractivity contribution in [3.63, 3.8) is 0 Å². The van der Waals surface area contributed by atoms with Gasteiger partial charge in [0, 0.05) is 25.6 Å². The molecule has 2 fully saturated rings. The summed E-state index contributed by atoms with van der Waals surface area (Å²) < 4.78 is 0. The van der Waals surface area contributed by atoms with E-state index in [1.54, 1.807) is 6.92 Å². The molecule has 5 heteroatoms. The van der Waals surface area contributed by atoms with Gasteiger partial charge in [-0.15, -0.1) is 0 Å². The number of amides is 2. The topological polar surface area (TPSA) is 61.4 Å². The molecule has 0 radical (unpaired) electrons. The van der Waals surface area contributed by atoms with E-state index in [0.717, 1.165) is 44.7 Å². The van der Waals surface area contributed by atoms with Crippen LogP contribution >= 0.6 is 0 Å². The van der Waals surface area contributed by atoms with Gasteiger partial charge >= 0.3 is 0 Å². The number of rotatable bonds is 4. The molecule has 2 aliphatic rings. The minimum absolute atomic E-state index is 0.0141. The van der Waals surface area contributed by atoms with Crippen molar-refractivity contribution < 1.29 is 9.59 Å². The Morgan fingerprint density at radius 3 is 2.36 bits per heavy atom. The lowest BCUT2D eigenvalue weighted by Gasteiger charge is -2.37. The van der Waals surface area contributed by atoms with Gasteiger partial charge < -0.3 is 10.6 Å². The Kier molecular flexibility index (Phi) is 6.24. The first-order valence-corrected chi connectivity index (χ1v) is 8.77. The molecule has 2 rings (SSSR count). The molecule has 1 aliphatic heterocycles. The first kappa shape index (κ1) is 17.3. The van der Waals surface area contributed by atoms with E-state index in [-0.39, 0.29) is 23.9 Å². The molecular formula is C17H31N3O2. The first-order chi connectivity index (χ1) is 10.5. The Morgan fingerprint density at radius 2 is 1.73 bits per heavy atom. The molecule has 1 saturated heterocycles. The predicted octanol–water partition coefficient (Wildman–Crippen LogP) is 1.67. The minimum Gasteiger partial charge on any atom is -0.352 e. The summed E-state index contributed by atoms with van der Waals surface area (Å²) in [4.78, 5) is 25.9. The van der Waals surface area contributed by atoms with Gasteiger partial charge in [0.2, 0.25) is 11.8 Å².